The lowest BCUT2D eigenvalue weighted by molar-refractivity contribution is 0.506. The number of nitrogens with one attached hydrogen (secondary N) is 1. The molecule has 0 aliphatic carbocycles. The highest BCUT2D eigenvalue weighted by Crippen LogP contribution is 2.17. The van der Waals surface area contributed by atoms with E-state index in [4.69, 9.17) is 0 Å². The zero-order valence-electron chi connectivity index (χ0n) is 11.9. The summed E-state index contributed by atoms with van der Waals surface area (Å²) in [7, 11) is 0. The molecule has 0 aliphatic heterocycles. The van der Waals surface area contributed by atoms with Crippen LogP contribution in [0.2, 0.25) is 0 Å². The summed E-state index contributed by atoms with van der Waals surface area (Å²) in [5, 5.41) is 8.11. The second-order valence-corrected chi connectivity index (χ2v) is 4.98. The molecule has 0 radical (unpaired) electrons. The molecule has 1 unspecified atom stereocenters. The molecule has 0 bridgehead atoms. The molecular weight excluding hydrogens is 236 g/mol. The Hall–Kier alpha value is -1.68. The van der Waals surface area contributed by atoms with Gasteiger partial charge in [0, 0.05) is 37.1 Å². The quantitative estimate of drug-likeness (QED) is 0.866. The molecule has 1 N–H and O–H groups in total. The number of likely N-dealkylation sites (N-methyl/N-ethyl adjacent to an activating group) is 1. The Morgan fingerprint density at radius 3 is 2.74 bits per heavy atom. The summed E-state index contributed by atoms with van der Waals surface area (Å²) in [5.74, 6) is 0. The first kappa shape index (κ1) is 13.7. The Morgan fingerprint density at radius 2 is 2.16 bits per heavy atom. The highest BCUT2D eigenvalue weighted by Gasteiger charge is 2.13. The molecule has 102 valence electrons. The zero-order valence-corrected chi connectivity index (χ0v) is 11.9. The van der Waals surface area contributed by atoms with Gasteiger partial charge in [0.25, 0.3) is 0 Å². The van der Waals surface area contributed by atoms with Gasteiger partial charge < -0.3 is 5.32 Å². The first-order valence-corrected chi connectivity index (χ1v) is 6.88. The van der Waals surface area contributed by atoms with Crippen LogP contribution >= 0.6 is 0 Å². The van der Waals surface area contributed by atoms with E-state index in [0.717, 1.165) is 18.7 Å². The molecule has 4 nitrogen and oxygen atoms in total. The van der Waals surface area contributed by atoms with Crippen molar-refractivity contribution in [2.24, 2.45) is 0 Å². The third-order valence-electron chi connectivity index (χ3n) is 3.14. The molecule has 0 saturated heterocycles. The predicted molar refractivity (Wildman–Crippen MR) is 77.0 cm³/mol. The highest BCUT2D eigenvalue weighted by molar-refractivity contribution is 5.17. The van der Waals surface area contributed by atoms with E-state index in [1.54, 1.807) is 6.20 Å². The number of hydrogen-bond acceptors (Lipinski definition) is 3. The minimum Gasteiger partial charge on any atom is -0.310 e. The molecule has 19 heavy (non-hydrogen) atoms. The molecule has 2 heterocycles. The van der Waals surface area contributed by atoms with Gasteiger partial charge in [0.15, 0.2) is 0 Å². The zero-order chi connectivity index (χ0) is 13.7. The molecule has 0 saturated carbocycles. The van der Waals surface area contributed by atoms with Crippen LogP contribution in [0.25, 0.3) is 0 Å². The van der Waals surface area contributed by atoms with E-state index in [-0.39, 0.29) is 6.04 Å². The van der Waals surface area contributed by atoms with Gasteiger partial charge in [-0.3, -0.25) is 9.67 Å². The van der Waals surface area contributed by atoms with E-state index >= 15 is 0 Å². The van der Waals surface area contributed by atoms with Crippen molar-refractivity contribution in [1.82, 2.24) is 20.1 Å². The number of rotatable bonds is 6. The lowest BCUT2D eigenvalue weighted by Gasteiger charge is -2.16. The van der Waals surface area contributed by atoms with Gasteiger partial charge in [-0.1, -0.05) is 13.0 Å². The molecule has 2 aromatic rings. The van der Waals surface area contributed by atoms with Gasteiger partial charge in [0.05, 0.1) is 5.69 Å². The molecule has 0 aromatic carbocycles. The van der Waals surface area contributed by atoms with E-state index in [9.17, 15) is 0 Å². The SMILES string of the molecule is CCNC(Cc1ccn(C(C)C)n1)c1cccnc1. The Labute approximate surface area is 114 Å². The van der Waals surface area contributed by atoms with E-state index in [1.165, 1.54) is 5.56 Å². The van der Waals surface area contributed by atoms with Crippen LogP contribution in [0.4, 0.5) is 0 Å². The second-order valence-electron chi connectivity index (χ2n) is 4.98. The summed E-state index contributed by atoms with van der Waals surface area (Å²) in [5.41, 5.74) is 2.33. The maximum atomic E-state index is 4.61. The van der Waals surface area contributed by atoms with Crippen molar-refractivity contribution in [3.63, 3.8) is 0 Å². The van der Waals surface area contributed by atoms with E-state index in [0.29, 0.717) is 6.04 Å². The fourth-order valence-corrected chi connectivity index (χ4v) is 2.12. The van der Waals surface area contributed by atoms with Gasteiger partial charge >= 0.3 is 0 Å². The van der Waals surface area contributed by atoms with Crippen molar-refractivity contribution in [3.05, 3.63) is 48.0 Å². The van der Waals surface area contributed by atoms with Crippen LogP contribution in [-0.4, -0.2) is 21.3 Å². The third-order valence-corrected chi connectivity index (χ3v) is 3.14. The topological polar surface area (TPSA) is 42.7 Å². The van der Waals surface area contributed by atoms with E-state index < -0.39 is 0 Å². The summed E-state index contributed by atoms with van der Waals surface area (Å²) in [4.78, 5) is 4.20. The van der Waals surface area contributed by atoms with Crippen molar-refractivity contribution in [3.8, 4) is 0 Å². The van der Waals surface area contributed by atoms with Gasteiger partial charge in [-0.25, -0.2) is 0 Å². The van der Waals surface area contributed by atoms with Crippen molar-refractivity contribution in [2.45, 2.75) is 39.3 Å². The van der Waals surface area contributed by atoms with Crippen molar-refractivity contribution >= 4 is 0 Å². The predicted octanol–water partition coefficient (Wildman–Crippen LogP) is 2.75. The van der Waals surface area contributed by atoms with E-state index in [1.807, 2.05) is 23.1 Å². The Morgan fingerprint density at radius 1 is 1.32 bits per heavy atom. The normalized spacial score (nSPS) is 12.8. The number of nitrogens with zero attached hydrogens (tertiary/aromatic N) is 3. The summed E-state index contributed by atoms with van der Waals surface area (Å²) in [6.07, 6.45) is 6.66. The fraction of sp³-hybridized carbons (Fsp3) is 0.467. The molecule has 0 spiro atoms. The minimum absolute atomic E-state index is 0.272. The van der Waals surface area contributed by atoms with E-state index in [2.05, 4.69) is 48.3 Å². The molecule has 2 rings (SSSR count). The summed E-state index contributed by atoms with van der Waals surface area (Å²) >= 11 is 0. The maximum absolute atomic E-state index is 4.61. The highest BCUT2D eigenvalue weighted by atomic mass is 15.3. The van der Waals surface area contributed by atoms with Crippen LogP contribution in [0.1, 0.15) is 44.1 Å². The second kappa shape index (κ2) is 6.48. The van der Waals surface area contributed by atoms with Crippen LogP contribution in [0, 0.1) is 0 Å². The Bertz CT molecular complexity index is 490. The molecule has 2 aromatic heterocycles. The number of pyridine rings is 1. The fourth-order valence-electron chi connectivity index (χ4n) is 2.12. The van der Waals surface area contributed by atoms with Gasteiger partial charge in [-0.05, 0) is 38.1 Å². The Kier molecular flexibility index (Phi) is 4.68. The largest absolute Gasteiger partial charge is 0.310 e. The van der Waals surface area contributed by atoms with Crippen molar-refractivity contribution in [2.75, 3.05) is 6.54 Å². The summed E-state index contributed by atoms with van der Waals surface area (Å²) in [6.45, 7) is 7.33. The standard InChI is InChI=1S/C15H22N4/c1-4-17-15(13-6-5-8-16-11-13)10-14-7-9-19(18-14)12(2)3/h5-9,11-12,15,17H,4,10H2,1-3H3. The maximum Gasteiger partial charge on any atom is 0.0643 e. The Balaban J connectivity index is 2.12. The molecule has 1 atom stereocenters. The molecule has 0 aliphatic rings. The average molecular weight is 258 g/mol. The summed E-state index contributed by atoms with van der Waals surface area (Å²) < 4.78 is 2.00. The van der Waals surface area contributed by atoms with Gasteiger partial charge in [-0.2, -0.15) is 5.10 Å². The van der Waals surface area contributed by atoms with Crippen LogP contribution in [-0.2, 0) is 6.42 Å². The average Bonchev–Trinajstić information content (AvgIpc) is 2.88. The van der Waals surface area contributed by atoms with Crippen molar-refractivity contribution in [1.29, 1.82) is 0 Å². The first-order valence-electron chi connectivity index (χ1n) is 6.88. The first-order chi connectivity index (χ1) is 9.20. The molecular formula is C15H22N4. The van der Waals surface area contributed by atoms with Gasteiger partial charge in [0.1, 0.15) is 0 Å². The minimum atomic E-state index is 0.272. The number of hydrogen-bond donors (Lipinski definition) is 1. The van der Waals surface area contributed by atoms with Crippen LogP contribution < -0.4 is 5.32 Å². The van der Waals surface area contributed by atoms with Crippen LogP contribution in [0.5, 0.6) is 0 Å². The monoisotopic (exact) mass is 258 g/mol. The van der Waals surface area contributed by atoms with Crippen molar-refractivity contribution < 1.29 is 0 Å². The smallest absolute Gasteiger partial charge is 0.0643 e. The molecule has 4 heteroatoms. The third kappa shape index (κ3) is 3.64. The lowest BCUT2D eigenvalue weighted by Crippen LogP contribution is -2.23. The van der Waals surface area contributed by atoms with Gasteiger partial charge in [0.2, 0.25) is 0 Å². The van der Waals surface area contributed by atoms with Gasteiger partial charge in [-0.15, -0.1) is 0 Å². The molecule has 0 fully saturated rings. The summed E-state index contributed by atoms with van der Waals surface area (Å²) in [6, 6.07) is 6.87. The lowest BCUT2D eigenvalue weighted by atomic mass is 10.0. The van der Waals surface area contributed by atoms with Crippen LogP contribution in [0.15, 0.2) is 36.8 Å². The van der Waals surface area contributed by atoms with Crippen LogP contribution in [0.3, 0.4) is 0 Å². The number of aromatic nitrogens is 3. The molecule has 0 amide bonds.